The number of rotatable bonds is 0. The van der Waals surface area contributed by atoms with Crippen molar-refractivity contribution in [2.75, 3.05) is 6.61 Å². The molecule has 1 aliphatic heterocycles. The van der Waals surface area contributed by atoms with Gasteiger partial charge in [-0.3, -0.25) is 0 Å². The van der Waals surface area contributed by atoms with Gasteiger partial charge in [0.25, 0.3) is 0 Å². The number of hydrogen-bond acceptors (Lipinski definition) is 2. The lowest BCUT2D eigenvalue weighted by molar-refractivity contribution is -0.197. The molecular weight excluding hydrogens is 164 g/mol. The van der Waals surface area contributed by atoms with Crippen molar-refractivity contribution in [3.63, 3.8) is 0 Å². The van der Waals surface area contributed by atoms with Gasteiger partial charge in [-0.2, -0.15) is 0 Å². The molecule has 1 saturated carbocycles. The molecule has 74 valence electrons. The Morgan fingerprint density at radius 1 is 1.31 bits per heavy atom. The van der Waals surface area contributed by atoms with Crippen molar-refractivity contribution in [3.05, 3.63) is 12.2 Å². The predicted molar refractivity (Wildman–Crippen MR) is 51.2 cm³/mol. The molecule has 1 aliphatic carbocycles. The van der Waals surface area contributed by atoms with E-state index in [1.165, 1.54) is 19.3 Å². The van der Waals surface area contributed by atoms with Crippen molar-refractivity contribution >= 4 is 0 Å². The summed E-state index contributed by atoms with van der Waals surface area (Å²) in [6, 6.07) is 0. The van der Waals surface area contributed by atoms with Crippen molar-refractivity contribution in [1.82, 2.24) is 0 Å². The molecule has 1 spiro atoms. The second-order valence-electron chi connectivity index (χ2n) is 4.51. The Morgan fingerprint density at radius 3 is 2.69 bits per heavy atom. The minimum absolute atomic E-state index is 0.0214. The van der Waals surface area contributed by atoms with Crippen LogP contribution in [0.15, 0.2) is 12.2 Å². The summed E-state index contributed by atoms with van der Waals surface area (Å²) < 4.78 is 5.34. The molecule has 0 amide bonds. The summed E-state index contributed by atoms with van der Waals surface area (Å²) in [5.74, 6) is 0. The molecule has 13 heavy (non-hydrogen) atoms. The molecule has 1 atom stereocenters. The molecule has 0 aromatic heterocycles. The lowest BCUT2D eigenvalue weighted by Gasteiger charge is -2.44. The van der Waals surface area contributed by atoms with Gasteiger partial charge in [0.15, 0.2) is 6.29 Å². The number of hydrogen-bond donors (Lipinski definition) is 1. The van der Waals surface area contributed by atoms with Crippen LogP contribution in [0, 0.1) is 5.41 Å². The summed E-state index contributed by atoms with van der Waals surface area (Å²) in [6.45, 7) is 4.51. The first kappa shape index (κ1) is 9.22. The minimum Gasteiger partial charge on any atom is -0.367 e. The summed E-state index contributed by atoms with van der Waals surface area (Å²) >= 11 is 0. The van der Waals surface area contributed by atoms with Gasteiger partial charge < -0.3 is 9.84 Å². The Balaban J connectivity index is 2.11. The van der Waals surface area contributed by atoms with E-state index in [4.69, 9.17) is 4.74 Å². The Bertz CT molecular complexity index is 204. The Morgan fingerprint density at radius 2 is 2.00 bits per heavy atom. The van der Waals surface area contributed by atoms with E-state index in [1.807, 2.05) is 0 Å². The van der Waals surface area contributed by atoms with Crippen LogP contribution in [-0.4, -0.2) is 18.0 Å². The molecule has 2 heteroatoms. The zero-order chi connectivity index (χ0) is 9.31. The third-order valence-corrected chi connectivity index (χ3v) is 3.42. The zero-order valence-electron chi connectivity index (χ0n) is 8.09. The van der Waals surface area contributed by atoms with Crippen molar-refractivity contribution in [2.45, 2.75) is 44.8 Å². The smallest absolute Gasteiger partial charge is 0.160 e. The van der Waals surface area contributed by atoms with Crippen LogP contribution in [0.25, 0.3) is 0 Å². The quantitative estimate of drug-likeness (QED) is 0.582. The zero-order valence-corrected chi connectivity index (χ0v) is 8.09. The van der Waals surface area contributed by atoms with Crippen LogP contribution in [0.3, 0.4) is 0 Å². The maximum Gasteiger partial charge on any atom is 0.160 e. The molecule has 2 fully saturated rings. The molecule has 2 aliphatic rings. The van der Waals surface area contributed by atoms with Gasteiger partial charge in [-0.15, -0.1) is 0 Å². The summed E-state index contributed by atoms with van der Waals surface area (Å²) in [5.41, 5.74) is 1.17. The highest BCUT2D eigenvalue weighted by atomic mass is 16.6. The standard InChI is InChI=1S/C11H18O2/c1-9-7-11(10(12)13-8-9)5-3-2-4-6-11/h10,12H,1-8H2. The van der Waals surface area contributed by atoms with E-state index in [0.29, 0.717) is 6.61 Å². The fourth-order valence-electron chi connectivity index (χ4n) is 2.69. The minimum atomic E-state index is -0.543. The van der Waals surface area contributed by atoms with Crippen LogP contribution in [-0.2, 0) is 4.74 Å². The van der Waals surface area contributed by atoms with Crippen molar-refractivity contribution in [3.8, 4) is 0 Å². The average molecular weight is 182 g/mol. The van der Waals surface area contributed by atoms with Crippen LogP contribution in [0.2, 0.25) is 0 Å². The molecule has 0 bridgehead atoms. The van der Waals surface area contributed by atoms with E-state index in [2.05, 4.69) is 6.58 Å². The van der Waals surface area contributed by atoms with Crippen LogP contribution in [0.4, 0.5) is 0 Å². The van der Waals surface area contributed by atoms with E-state index in [0.717, 1.165) is 24.8 Å². The summed E-state index contributed by atoms with van der Waals surface area (Å²) in [6.07, 6.45) is 6.40. The molecule has 0 radical (unpaired) electrons. The van der Waals surface area contributed by atoms with Crippen molar-refractivity contribution < 1.29 is 9.84 Å². The Kier molecular flexibility index (Phi) is 2.43. The van der Waals surface area contributed by atoms with Crippen LogP contribution in [0.1, 0.15) is 38.5 Å². The fraction of sp³-hybridized carbons (Fsp3) is 0.818. The highest BCUT2D eigenvalue weighted by molar-refractivity contribution is 5.06. The molecular formula is C11H18O2. The van der Waals surface area contributed by atoms with Crippen molar-refractivity contribution in [1.29, 1.82) is 0 Å². The molecule has 2 nitrogen and oxygen atoms in total. The average Bonchev–Trinajstić information content (AvgIpc) is 2.14. The van der Waals surface area contributed by atoms with E-state index < -0.39 is 6.29 Å². The Hall–Kier alpha value is -0.340. The number of aliphatic hydroxyl groups is 1. The largest absolute Gasteiger partial charge is 0.367 e. The van der Waals surface area contributed by atoms with Gasteiger partial charge in [0, 0.05) is 5.41 Å². The molecule has 2 rings (SSSR count). The lowest BCUT2D eigenvalue weighted by Crippen LogP contribution is -2.43. The number of ether oxygens (including phenoxy) is 1. The van der Waals surface area contributed by atoms with E-state index in [1.54, 1.807) is 0 Å². The van der Waals surface area contributed by atoms with Crippen LogP contribution >= 0.6 is 0 Å². The third-order valence-electron chi connectivity index (χ3n) is 3.42. The second-order valence-corrected chi connectivity index (χ2v) is 4.51. The van der Waals surface area contributed by atoms with Gasteiger partial charge >= 0.3 is 0 Å². The van der Waals surface area contributed by atoms with Gasteiger partial charge in [0.1, 0.15) is 0 Å². The molecule has 0 aromatic carbocycles. The monoisotopic (exact) mass is 182 g/mol. The molecule has 1 unspecified atom stereocenters. The van der Waals surface area contributed by atoms with Gasteiger partial charge in [-0.25, -0.2) is 0 Å². The molecule has 0 aromatic rings. The van der Waals surface area contributed by atoms with Gasteiger partial charge in [0.2, 0.25) is 0 Å². The van der Waals surface area contributed by atoms with Gasteiger partial charge in [-0.05, 0) is 19.3 Å². The van der Waals surface area contributed by atoms with Crippen LogP contribution < -0.4 is 0 Å². The first-order chi connectivity index (χ1) is 6.23. The Labute approximate surface area is 79.6 Å². The van der Waals surface area contributed by atoms with Gasteiger partial charge in [-0.1, -0.05) is 31.4 Å². The first-order valence-corrected chi connectivity index (χ1v) is 5.19. The first-order valence-electron chi connectivity index (χ1n) is 5.19. The maximum atomic E-state index is 9.84. The third kappa shape index (κ3) is 1.65. The molecule has 1 heterocycles. The topological polar surface area (TPSA) is 29.5 Å². The lowest BCUT2D eigenvalue weighted by atomic mass is 9.69. The highest BCUT2D eigenvalue weighted by Gasteiger charge is 2.42. The SMILES string of the molecule is C=C1COC(O)C2(CCCCC2)C1. The van der Waals surface area contributed by atoms with E-state index >= 15 is 0 Å². The van der Waals surface area contributed by atoms with Crippen molar-refractivity contribution in [2.24, 2.45) is 5.41 Å². The normalized spacial score (nSPS) is 33.6. The second kappa shape index (κ2) is 3.43. The predicted octanol–water partition coefficient (Wildman–Crippen LogP) is 2.23. The number of aliphatic hydroxyl groups excluding tert-OH is 1. The summed E-state index contributed by atoms with van der Waals surface area (Å²) in [4.78, 5) is 0. The van der Waals surface area contributed by atoms with Crippen LogP contribution in [0.5, 0.6) is 0 Å². The maximum absolute atomic E-state index is 9.84. The highest BCUT2D eigenvalue weighted by Crippen LogP contribution is 2.46. The summed E-state index contributed by atoms with van der Waals surface area (Å²) in [5, 5.41) is 9.84. The molecule has 1 N–H and O–H groups in total. The molecule has 1 saturated heterocycles. The van der Waals surface area contributed by atoms with Gasteiger partial charge in [0.05, 0.1) is 6.61 Å². The van der Waals surface area contributed by atoms with E-state index in [-0.39, 0.29) is 5.41 Å². The summed E-state index contributed by atoms with van der Waals surface area (Å²) in [7, 11) is 0. The fourth-order valence-corrected chi connectivity index (χ4v) is 2.69. The van der Waals surface area contributed by atoms with E-state index in [9.17, 15) is 5.11 Å².